The average molecular weight is 1040 g/mol. The maximum Gasteiger partial charge on any atom is 0.338 e. The lowest BCUT2D eigenvalue weighted by atomic mass is 9.91. The molecule has 0 aliphatic rings. The summed E-state index contributed by atoms with van der Waals surface area (Å²) in [6.45, 7) is 21.0. The number of ether oxygens (including phenoxy) is 4. The highest BCUT2D eigenvalue weighted by molar-refractivity contribution is 5.93. The molecule has 6 aromatic rings. The fourth-order valence-corrected chi connectivity index (χ4v) is 8.32. The minimum atomic E-state index is -0.686. The van der Waals surface area contributed by atoms with Crippen LogP contribution in [-0.4, -0.2) is 84.7 Å². The molecule has 74 heavy (non-hydrogen) atoms. The second-order valence-electron chi connectivity index (χ2n) is 18.8. The monoisotopic (exact) mass is 1030 g/mol. The summed E-state index contributed by atoms with van der Waals surface area (Å²) in [4.78, 5) is 34.7. The molecule has 0 spiro atoms. The highest BCUT2D eigenvalue weighted by atomic mass is 35.5. The third kappa shape index (κ3) is 16.9. The smallest absolute Gasteiger partial charge is 0.338 e. The van der Waals surface area contributed by atoms with E-state index >= 15 is 0 Å². The lowest BCUT2D eigenvalue weighted by Crippen LogP contribution is -2.35. The molecule has 6 aromatic carbocycles. The van der Waals surface area contributed by atoms with E-state index in [2.05, 4.69) is 51.2 Å². The van der Waals surface area contributed by atoms with Crippen LogP contribution >= 0.6 is 12.4 Å². The van der Waals surface area contributed by atoms with Gasteiger partial charge in [-0.3, -0.25) is 4.79 Å². The Hall–Kier alpha value is -6.74. The van der Waals surface area contributed by atoms with Gasteiger partial charge in [0.25, 0.3) is 0 Å². The van der Waals surface area contributed by atoms with Gasteiger partial charge in [-0.25, -0.2) is 9.59 Å². The molecule has 14 heteroatoms. The molecule has 0 unspecified atom stereocenters. The minimum Gasteiger partial charge on any atom is -0.508 e. The molecule has 0 heterocycles. The Morgan fingerprint density at radius 2 is 0.946 bits per heavy atom. The summed E-state index contributed by atoms with van der Waals surface area (Å²) >= 11 is 0. The molecule has 0 aliphatic heterocycles. The van der Waals surface area contributed by atoms with Gasteiger partial charge in [0.1, 0.15) is 36.2 Å². The van der Waals surface area contributed by atoms with Crippen molar-refractivity contribution in [3.8, 4) is 45.3 Å². The molecule has 4 atom stereocenters. The number of rotatable bonds is 18. The van der Waals surface area contributed by atoms with E-state index < -0.39 is 12.2 Å². The number of hydrogen-bond donors (Lipinski definition) is 6. The fraction of sp³-hybridized carbons (Fsp3) is 0.350. The second-order valence-corrected chi connectivity index (χ2v) is 18.8. The number of aliphatic hydroxyl groups is 2. The summed E-state index contributed by atoms with van der Waals surface area (Å²) in [5.74, 6) is 1.71. The molecule has 0 aliphatic carbocycles. The van der Waals surface area contributed by atoms with Gasteiger partial charge < -0.3 is 50.4 Å². The molecule has 0 aromatic heterocycles. The lowest BCUT2D eigenvalue weighted by Gasteiger charge is -2.21. The summed E-state index contributed by atoms with van der Waals surface area (Å²) in [6, 6.07) is 32.4. The molecule has 398 valence electrons. The number of phenolic OH excluding ortho intramolecular Hbond substituents is 2. The van der Waals surface area contributed by atoms with Crippen LogP contribution in [0.4, 0.5) is 0 Å². The van der Waals surface area contributed by atoms with Gasteiger partial charge in [-0.15, -0.1) is 12.4 Å². The molecule has 7 N–H and O–H groups in total. The van der Waals surface area contributed by atoms with Crippen LogP contribution in [-0.2, 0) is 14.3 Å². The topological polar surface area (TPSA) is 207 Å². The Balaban J connectivity index is 0.000000328. The van der Waals surface area contributed by atoms with E-state index in [-0.39, 0.29) is 66.4 Å². The number of benzene rings is 6. The van der Waals surface area contributed by atoms with Crippen molar-refractivity contribution in [3.05, 3.63) is 165 Å². The summed E-state index contributed by atoms with van der Waals surface area (Å²) in [5, 5.41) is 41.7. The Kier molecular flexibility index (Phi) is 24.3. The zero-order valence-electron chi connectivity index (χ0n) is 44.7. The number of aldehydes is 1. The first kappa shape index (κ1) is 61.6. The van der Waals surface area contributed by atoms with Gasteiger partial charge >= 0.3 is 11.9 Å². The summed E-state index contributed by atoms with van der Waals surface area (Å²) in [6.07, 6.45) is -0.604. The molecular weight excluding hydrogens is 960 g/mol. The van der Waals surface area contributed by atoms with Crippen LogP contribution in [0, 0.1) is 27.7 Å². The van der Waals surface area contributed by atoms with Gasteiger partial charge in [0.15, 0.2) is 6.29 Å². The van der Waals surface area contributed by atoms with Crippen molar-refractivity contribution in [1.82, 2.24) is 5.32 Å². The lowest BCUT2D eigenvalue weighted by molar-refractivity contribution is -0.109. The molecule has 0 fully saturated rings. The average Bonchev–Trinajstić information content (AvgIpc) is 3.37. The molecule has 0 saturated carbocycles. The summed E-state index contributed by atoms with van der Waals surface area (Å²) in [7, 11) is 2.80. The Morgan fingerprint density at radius 1 is 0.568 bits per heavy atom. The van der Waals surface area contributed by atoms with Crippen molar-refractivity contribution in [2.24, 2.45) is 5.73 Å². The summed E-state index contributed by atoms with van der Waals surface area (Å²) in [5.41, 5.74) is 18.3. The number of aromatic hydroxyl groups is 2. The Morgan fingerprint density at radius 3 is 1.30 bits per heavy atom. The van der Waals surface area contributed by atoms with Crippen LogP contribution in [0.3, 0.4) is 0 Å². The van der Waals surface area contributed by atoms with E-state index in [4.69, 9.17) is 29.8 Å². The summed E-state index contributed by atoms with van der Waals surface area (Å²) < 4.78 is 21.4. The first-order chi connectivity index (χ1) is 34.6. The minimum absolute atomic E-state index is 0. The number of methoxy groups -OCH3 is 2. The number of aliphatic hydroxyl groups excluding tert-OH is 2. The number of carbonyl (C=O) groups is 3. The van der Waals surface area contributed by atoms with Crippen LogP contribution in [0.1, 0.15) is 131 Å². The van der Waals surface area contributed by atoms with Crippen LogP contribution < -0.4 is 20.5 Å². The second kappa shape index (κ2) is 29.2. The molecule has 13 nitrogen and oxygen atoms in total. The highest BCUT2D eigenvalue weighted by Gasteiger charge is 2.20. The number of aryl methyl sites for hydroxylation is 4. The predicted octanol–water partition coefficient (Wildman–Crippen LogP) is 11.3. The van der Waals surface area contributed by atoms with E-state index in [1.54, 1.807) is 43.3 Å². The zero-order valence-corrected chi connectivity index (χ0v) is 45.5. The van der Waals surface area contributed by atoms with Crippen molar-refractivity contribution in [2.75, 3.05) is 34.0 Å². The van der Waals surface area contributed by atoms with Crippen molar-refractivity contribution in [2.45, 2.75) is 105 Å². The quantitative estimate of drug-likeness (QED) is 0.0269. The van der Waals surface area contributed by atoms with Crippen LogP contribution in [0.5, 0.6) is 23.0 Å². The van der Waals surface area contributed by atoms with Crippen LogP contribution in [0.25, 0.3) is 22.3 Å². The number of hydrogen-bond acceptors (Lipinski definition) is 13. The normalized spacial score (nSPS) is 12.4. The molecule has 0 amide bonds. The maximum absolute atomic E-state index is 12.2. The number of phenols is 2. The van der Waals surface area contributed by atoms with E-state index in [0.29, 0.717) is 24.3 Å². The van der Waals surface area contributed by atoms with Crippen LogP contribution in [0.2, 0.25) is 0 Å². The van der Waals surface area contributed by atoms with Crippen molar-refractivity contribution >= 4 is 30.6 Å². The van der Waals surface area contributed by atoms with Gasteiger partial charge in [-0.05, 0) is 181 Å². The SMILES string of the molecule is COC(=O)c1ccc(-c2cc(C)c(OCC=O)c(C)c2)cc1C(C)C.COC(=O)c1ccc(-c2cc(C)c(OCCN[C@@H](C)[C@H](O)c3ccc(O)cc3)c(C)c2)cc1C(C)C.C[C@H](N)[C@H](O)c1ccc(O)cc1.Cl. The standard InChI is InChI=1S/C30H37NO5.C21H24O4.C9H13NO2.ClH/c1-18(2)27-17-23(9-12-26(27)30(34)35-6)24-15-19(3)29(20(4)16-24)36-14-13-31-21(5)28(33)22-7-10-25(32)11-8-22;1-13(2)19-12-16(6-7-18(19)21(23)24-5)17-10-14(3)20(15(4)11-17)25-9-8-22;1-6(10)9(12)7-2-4-8(11)5-3-7;/h7-12,15-18,21,28,31-33H,13-14H2,1-6H3;6-8,10-13H,9H2,1-5H3;2-6,9,11-12H,10H2,1H3;1H/t21-,28-;;6-,9-;/m0.0./s1. The predicted molar refractivity (Wildman–Crippen MR) is 295 cm³/mol. The van der Waals surface area contributed by atoms with E-state index in [0.717, 1.165) is 84.5 Å². The number of esters is 2. The Labute approximate surface area is 443 Å². The first-order valence-electron chi connectivity index (χ1n) is 24.4. The van der Waals surface area contributed by atoms with Gasteiger partial charge in [0, 0.05) is 18.6 Å². The van der Waals surface area contributed by atoms with Gasteiger partial charge in [0.2, 0.25) is 0 Å². The van der Waals surface area contributed by atoms with E-state index in [1.807, 2.05) is 77.1 Å². The Bertz CT molecular complexity index is 2730. The molecular formula is C60H75ClN2O11. The molecule has 6 rings (SSSR count). The highest BCUT2D eigenvalue weighted by Crippen LogP contribution is 2.35. The third-order valence-electron chi connectivity index (χ3n) is 12.3. The first-order valence-corrected chi connectivity index (χ1v) is 24.4. The third-order valence-corrected chi connectivity index (χ3v) is 12.3. The molecule has 0 saturated heterocycles. The number of carbonyl (C=O) groups excluding carboxylic acids is 3. The largest absolute Gasteiger partial charge is 0.508 e. The molecule has 0 bridgehead atoms. The number of halogens is 1. The number of nitrogens with two attached hydrogens (primary N) is 1. The van der Waals surface area contributed by atoms with Gasteiger partial charge in [-0.1, -0.05) is 76.2 Å². The fourth-order valence-electron chi connectivity index (χ4n) is 8.32. The van der Waals surface area contributed by atoms with Crippen LogP contribution in [0.15, 0.2) is 109 Å². The van der Waals surface area contributed by atoms with Gasteiger partial charge in [0.05, 0.1) is 37.6 Å². The van der Waals surface area contributed by atoms with Crippen molar-refractivity contribution in [3.63, 3.8) is 0 Å². The van der Waals surface area contributed by atoms with Crippen molar-refractivity contribution in [1.29, 1.82) is 0 Å². The molecule has 0 radical (unpaired) electrons. The van der Waals surface area contributed by atoms with E-state index in [9.17, 15) is 29.7 Å². The van der Waals surface area contributed by atoms with Crippen molar-refractivity contribution < 1.29 is 53.8 Å². The van der Waals surface area contributed by atoms with Gasteiger partial charge in [-0.2, -0.15) is 0 Å². The zero-order chi connectivity index (χ0) is 54.1. The maximum atomic E-state index is 12.2. The number of nitrogens with one attached hydrogen (secondary N) is 1. The van der Waals surface area contributed by atoms with E-state index in [1.165, 1.54) is 26.4 Å².